The van der Waals surface area contributed by atoms with Crippen LogP contribution in [-0.2, 0) is 6.18 Å². The molecule has 1 aromatic rings. The summed E-state index contributed by atoms with van der Waals surface area (Å²) in [5, 5.41) is 2.91. The first-order chi connectivity index (χ1) is 8.93. The third kappa shape index (κ3) is 3.47. The fourth-order valence-electron chi connectivity index (χ4n) is 2.30. The van der Waals surface area contributed by atoms with Crippen molar-refractivity contribution in [3.05, 3.63) is 35.1 Å². The molecule has 1 N–H and O–H groups in total. The minimum atomic E-state index is -4.64. The summed E-state index contributed by atoms with van der Waals surface area (Å²) < 4.78 is 52.0. The van der Waals surface area contributed by atoms with Gasteiger partial charge in [-0.05, 0) is 31.9 Å². The summed E-state index contributed by atoms with van der Waals surface area (Å²) >= 11 is 0. The molecule has 0 aliphatic heterocycles. The number of hydrogen-bond acceptors (Lipinski definition) is 1. The highest BCUT2D eigenvalue weighted by Crippen LogP contribution is 2.38. The van der Waals surface area contributed by atoms with Gasteiger partial charge in [-0.2, -0.15) is 13.2 Å². The van der Waals surface area contributed by atoms with E-state index in [0.29, 0.717) is 12.3 Å². The summed E-state index contributed by atoms with van der Waals surface area (Å²) in [5.74, 6) is -0.477. The zero-order valence-electron chi connectivity index (χ0n) is 10.7. The first-order valence-electron chi connectivity index (χ1n) is 6.46. The van der Waals surface area contributed by atoms with Crippen molar-refractivity contribution < 1.29 is 17.6 Å². The van der Waals surface area contributed by atoms with Crippen LogP contribution in [0.5, 0.6) is 0 Å². The summed E-state index contributed by atoms with van der Waals surface area (Å²) in [4.78, 5) is 0. The van der Waals surface area contributed by atoms with Crippen LogP contribution in [0.1, 0.15) is 42.9 Å². The lowest BCUT2D eigenvalue weighted by atomic mass is 9.98. The number of hydrogen-bond donors (Lipinski definition) is 1. The van der Waals surface area contributed by atoms with Crippen LogP contribution < -0.4 is 5.32 Å². The van der Waals surface area contributed by atoms with Crippen LogP contribution in [0.4, 0.5) is 17.6 Å². The highest BCUT2D eigenvalue weighted by atomic mass is 19.4. The van der Waals surface area contributed by atoms with Crippen molar-refractivity contribution in [2.45, 2.75) is 37.9 Å². The van der Waals surface area contributed by atoms with E-state index in [1.807, 2.05) is 0 Å². The minimum Gasteiger partial charge on any atom is -0.313 e. The van der Waals surface area contributed by atoms with Crippen molar-refractivity contribution in [3.63, 3.8) is 0 Å². The Morgan fingerprint density at radius 1 is 1.32 bits per heavy atom. The Morgan fingerprint density at radius 3 is 2.53 bits per heavy atom. The maximum atomic E-state index is 14.0. The number of rotatable bonds is 5. The van der Waals surface area contributed by atoms with Crippen molar-refractivity contribution in [1.29, 1.82) is 0 Å². The van der Waals surface area contributed by atoms with Crippen molar-refractivity contribution in [1.82, 2.24) is 5.32 Å². The van der Waals surface area contributed by atoms with E-state index in [2.05, 4.69) is 5.32 Å². The normalized spacial score (nSPS) is 17.5. The molecule has 1 saturated carbocycles. The molecule has 19 heavy (non-hydrogen) atoms. The lowest BCUT2D eigenvalue weighted by Crippen LogP contribution is -2.20. The third-order valence-corrected chi connectivity index (χ3v) is 3.62. The fourth-order valence-corrected chi connectivity index (χ4v) is 2.30. The zero-order valence-corrected chi connectivity index (χ0v) is 10.7. The minimum absolute atomic E-state index is 0.109. The van der Waals surface area contributed by atoms with Gasteiger partial charge in [0.15, 0.2) is 0 Å². The maximum Gasteiger partial charge on any atom is 0.419 e. The van der Waals surface area contributed by atoms with E-state index in [0.717, 1.165) is 12.5 Å². The summed E-state index contributed by atoms with van der Waals surface area (Å²) in [6.45, 7) is 0. The molecule has 1 atom stereocenters. The monoisotopic (exact) mass is 275 g/mol. The van der Waals surface area contributed by atoms with E-state index in [9.17, 15) is 17.6 Å². The van der Waals surface area contributed by atoms with Gasteiger partial charge in [-0.15, -0.1) is 0 Å². The van der Waals surface area contributed by atoms with Gasteiger partial charge in [-0.25, -0.2) is 4.39 Å². The molecule has 0 aromatic heterocycles. The molecule has 5 heteroatoms. The highest BCUT2D eigenvalue weighted by molar-refractivity contribution is 5.30. The van der Waals surface area contributed by atoms with Gasteiger partial charge >= 0.3 is 6.18 Å². The Morgan fingerprint density at radius 2 is 2.00 bits per heavy atom. The SMILES string of the molecule is CNC(CCC1CC1)c1cccc(C(F)(F)F)c1F. The Kier molecular flexibility index (Phi) is 4.13. The maximum absolute atomic E-state index is 14.0. The fraction of sp³-hybridized carbons (Fsp3) is 0.571. The first-order valence-corrected chi connectivity index (χ1v) is 6.46. The van der Waals surface area contributed by atoms with Crippen molar-refractivity contribution >= 4 is 0 Å². The van der Waals surface area contributed by atoms with E-state index >= 15 is 0 Å². The van der Waals surface area contributed by atoms with Crippen LogP contribution in [0.2, 0.25) is 0 Å². The second-order valence-electron chi connectivity index (χ2n) is 5.07. The number of nitrogens with one attached hydrogen (secondary N) is 1. The van der Waals surface area contributed by atoms with Gasteiger partial charge in [-0.1, -0.05) is 25.0 Å². The predicted molar refractivity (Wildman–Crippen MR) is 65.2 cm³/mol. The highest BCUT2D eigenvalue weighted by Gasteiger charge is 2.35. The number of alkyl halides is 3. The smallest absolute Gasteiger partial charge is 0.313 e. The molecule has 1 aliphatic carbocycles. The van der Waals surface area contributed by atoms with Gasteiger partial charge in [0.05, 0.1) is 5.56 Å². The molecule has 1 aromatic carbocycles. The molecule has 106 valence electrons. The van der Waals surface area contributed by atoms with Gasteiger partial charge in [0.2, 0.25) is 0 Å². The second kappa shape index (κ2) is 5.49. The van der Waals surface area contributed by atoms with Gasteiger partial charge in [-0.3, -0.25) is 0 Å². The molecule has 0 amide bonds. The Bertz CT molecular complexity index is 438. The van der Waals surface area contributed by atoms with E-state index < -0.39 is 17.6 Å². The van der Waals surface area contributed by atoms with E-state index in [4.69, 9.17) is 0 Å². The lowest BCUT2D eigenvalue weighted by Gasteiger charge is -2.19. The third-order valence-electron chi connectivity index (χ3n) is 3.62. The van der Waals surface area contributed by atoms with Crippen molar-refractivity contribution in [2.75, 3.05) is 7.05 Å². The standard InChI is InChI=1S/C14H17F4N/c1-19-12(8-7-9-5-6-9)10-3-2-4-11(13(10)15)14(16,17)18/h2-4,9,12,19H,5-8H2,1H3. The molecule has 1 nitrogen and oxygen atoms in total. The number of halogens is 4. The summed E-state index contributed by atoms with van der Waals surface area (Å²) in [6, 6.07) is 3.12. The van der Waals surface area contributed by atoms with E-state index in [-0.39, 0.29) is 11.6 Å². The quantitative estimate of drug-likeness (QED) is 0.790. The largest absolute Gasteiger partial charge is 0.419 e. The summed E-state index contributed by atoms with van der Waals surface area (Å²) in [7, 11) is 1.65. The van der Waals surface area contributed by atoms with E-state index in [1.54, 1.807) is 7.05 Å². The van der Waals surface area contributed by atoms with Gasteiger partial charge in [0.1, 0.15) is 5.82 Å². The van der Waals surface area contributed by atoms with Crippen molar-refractivity contribution in [2.24, 2.45) is 5.92 Å². The molecule has 0 radical (unpaired) electrons. The van der Waals surface area contributed by atoms with Crippen LogP contribution in [0.25, 0.3) is 0 Å². The molecule has 0 saturated heterocycles. The molecule has 0 bridgehead atoms. The molecular formula is C14H17F4N. The van der Waals surface area contributed by atoms with Gasteiger partial charge in [0.25, 0.3) is 0 Å². The second-order valence-corrected chi connectivity index (χ2v) is 5.07. The predicted octanol–water partition coefficient (Wildman–Crippen LogP) is 4.30. The molecule has 1 fully saturated rings. The molecule has 1 aliphatic rings. The first kappa shape index (κ1) is 14.3. The van der Waals surface area contributed by atoms with Crippen LogP contribution in [0.3, 0.4) is 0 Å². The topological polar surface area (TPSA) is 12.0 Å². The summed E-state index contributed by atoms with van der Waals surface area (Å²) in [5.41, 5.74) is -1.07. The Hall–Kier alpha value is -1.10. The van der Waals surface area contributed by atoms with Gasteiger partial charge in [0, 0.05) is 11.6 Å². The molecule has 1 unspecified atom stereocenters. The summed E-state index contributed by atoms with van der Waals surface area (Å²) in [6.07, 6.45) is -0.682. The van der Waals surface area contributed by atoms with Crippen molar-refractivity contribution in [3.8, 4) is 0 Å². The molecule has 0 heterocycles. The van der Waals surface area contributed by atoms with E-state index in [1.165, 1.54) is 25.0 Å². The Balaban J connectivity index is 2.21. The Labute approximate surface area is 110 Å². The van der Waals surface area contributed by atoms with Crippen LogP contribution >= 0.6 is 0 Å². The molecule has 0 spiro atoms. The molecule has 2 rings (SSSR count). The zero-order chi connectivity index (χ0) is 14.0. The molecular weight excluding hydrogens is 258 g/mol. The average Bonchev–Trinajstić information content (AvgIpc) is 3.14. The van der Waals surface area contributed by atoms with Crippen LogP contribution in [0.15, 0.2) is 18.2 Å². The van der Waals surface area contributed by atoms with Crippen LogP contribution in [-0.4, -0.2) is 7.05 Å². The lowest BCUT2D eigenvalue weighted by molar-refractivity contribution is -0.140. The average molecular weight is 275 g/mol. The number of benzene rings is 1. The van der Waals surface area contributed by atoms with Gasteiger partial charge < -0.3 is 5.32 Å². The van der Waals surface area contributed by atoms with Crippen LogP contribution in [0, 0.1) is 11.7 Å².